The molecule has 0 amide bonds. The third-order valence-corrected chi connectivity index (χ3v) is 2.82. The van der Waals surface area contributed by atoms with Crippen molar-refractivity contribution >= 4 is 0 Å². The summed E-state index contributed by atoms with van der Waals surface area (Å²) in [6, 6.07) is 5.70. The molecule has 1 aromatic rings. The van der Waals surface area contributed by atoms with E-state index in [1.807, 2.05) is 25.1 Å². The quantitative estimate of drug-likeness (QED) is 0.768. The highest BCUT2D eigenvalue weighted by Gasteiger charge is 2.12. The zero-order chi connectivity index (χ0) is 13.4. The Morgan fingerprint density at radius 1 is 1.28 bits per heavy atom. The molecular weight excluding hydrogens is 232 g/mol. The molecule has 1 aromatic carbocycles. The summed E-state index contributed by atoms with van der Waals surface area (Å²) in [6.45, 7) is 3.23. The number of methoxy groups -OCH3 is 2. The Bertz CT molecular complexity index is 352. The molecule has 0 radical (unpaired) electrons. The Balaban J connectivity index is 2.75. The molecule has 1 atom stereocenters. The highest BCUT2D eigenvalue weighted by Crippen LogP contribution is 2.22. The highest BCUT2D eigenvalue weighted by atomic mass is 16.5. The Kier molecular flexibility index (Phi) is 6.72. The van der Waals surface area contributed by atoms with Gasteiger partial charge in [0.25, 0.3) is 0 Å². The largest absolute Gasteiger partial charge is 0.496 e. The monoisotopic (exact) mass is 254 g/mol. The first kappa shape index (κ1) is 15.0. The second-order valence-electron chi connectivity index (χ2n) is 4.03. The zero-order valence-corrected chi connectivity index (χ0v) is 11.3. The zero-order valence-electron chi connectivity index (χ0n) is 11.3. The molecule has 0 aliphatic carbocycles. The fourth-order valence-electron chi connectivity index (χ4n) is 1.76. The Morgan fingerprint density at radius 3 is 2.61 bits per heavy atom. The standard InChI is InChI=1S/C14H22O4/c1-4-18-10-13(16-2)8-12-6-5-11(9-15)7-14(12)17-3/h5-7,13,15H,4,8-10H2,1-3H3. The Labute approximate surface area is 108 Å². The van der Waals surface area contributed by atoms with Gasteiger partial charge in [-0.1, -0.05) is 12.1 Å². The van der Waals surface area contributed by atoms with Crippen molar-refractivity contribution in [2.45, 2.75) is 26.1 Å². The van der Waals surface area contributed by atoms with Crippen molar-refractivity contribution in [3.05, 3.63) is 29.3 Å². The van der Waals surface area contributed by atoms with Crippen LogP contribution in [0.25, 0.3) is 0 Å². The van der Waals surface area contributed by atoms with Crippen LogP contribution in [-0.2, 0) is 22.5 Å². The maximum absolute atomic E-state index is 9.09. The van der Waals surface area contributed by atoms with Crippen LogP contribution in [0, 0.1) is 0 Å². The van der Waals surface area contributed by atoms with E-state index in [4.69, 9.17) is 19.3 Å². The first-order valence-corrected chi connectivity index (χ1v) is 6.12. The van der Waals surface area contributed by atoms with Crippen molar-refractivity contribution in [3.8, 4) is 5.75 Å². The van der Waals surface area contributed by atoms with Gasteiger partial charge in [0.2, 0.25) is 0 Å². The molecule has 0 spiro atoms. The predicted octanol–water partition coefficient (Wildman–Crippen LogP) is 1.78. The van der Waals surface area contributed by atoms with Crippen LogP contribution in [0.1, 0.15) is 18.1 Å². The Morgan fingerprint density at radius 2 is 2.06 bits per heavy atom. The van der Waals surface area contributed by atoms with Crippen molar-refractivity contribution in [1.82, 2.24) is 0 Å². The van der Waals surface area contributed by atoms with Gasteiger partial charge < -0.3 is 19.3 Å². The molecule has 0 aliphatic rings. The molecule has 0 bridgehead atoms. The second kappa shape index (κ2) is 8.08. The molecule has 0 aromatic heterocycles. The molecule has 0 aliphatic heterocycles. The van der Waals surface area contributed by atoms with Crippen LogP contribution in [0.3, 0.4) is 0 Å². The van der Waals surface area contributed by atoms with Gasteiger partial charge in [-0.3, -0.25) is 0 Å². The summed E-state index contributed by atoms with van der Waals surface area (Å²) >= 11 is 0. The topological polar surface area (TPSA) is 47.9 Å². The number of hydrogen-bond donors (Lipinski definition) is 1. The van der Waals surface area contributed by atoms with Crippen LogP contribution in [0.2, 0.25) is 0 Å². The maximum Gasteiger partial charge on any atom is 0.122 e. The van der Waals surface area contributed by atoms with E-state index in [0.717, 1.165) is 23.3 Å². The van der Waals surface area contributed by atoms with E-state index >= 15 is 0 Å². The lowest BCUT2D eigenvalue weighted by Crippen LogP contribution is -2.21. The van der Waals surface area contributed by atoms with Crippen LogP contribution in [0.4, 0.5) is 0 Å². The first-order valence-electron chi connectivity index (χ1n) is 6.12. The molecule has 18 heavy (non-hydrogen) atoms. The summed E-state index contributed by atoms with van der Waals surface area (Å²) in [5, 5.41) is 9.09. The molecule has 4 nitrogen and oxygen atoms in total. The fourth-order valence-corrected chi connectivity index (χ4v) is 1.76. The Hall–Kier alpha value is -1.10. The van der Waals surface area contributed by atoms with Crippen LogP contribution < -0.4 is 4.74 Å². The van der Waals surface area contributed by atoms with Gasteiger partial charge in [0.15, 0.2) is 0 Å². The average Bonchev–Trinajstić information content (AvgIpc) is 2.43. The van der Waals surface area contributed by atoms with Crippen LogP contribution in [0.5, 0.6) is 5.75 Å². The maximum atomic E-state index is 9.09. The number of hydrogen-bond acceptors (Lipinski definition) is 4. The molecular formula is C14H22O4. The van der Waals surface area contributed by atoms with Crippen LogP contribution >= 0.6 is 0 Å². The summed E-state index contributed by atoms with van der Waals surface area (Å²) in [5.41, 5.74) is 1.90. The number of ether oxygens (including phenoxy) is 3. The van der Waals surface area contributed by atoms with Crippen molar-refractivity contribution in [1.29, 1.82) is 0 Å². The molecule has 1 unspecified atom stereocenters. The molecule has 102 valence electrons. The van der Waals surface area contributed by atoms with E-state index in [9.17, 15) is 0 Å². The van der Waals surface area contributed by atoms with Gasteiger partial charge >= 0.3 is 0 Å². The van der Waals surface area contributed by atoms with Crippen molar-refractivity contribution in [2.24, 2.45) is 0 Å². The summed E-state index contributed by atoms with van der Waals surface area (Å²) in [6.07, 6.45) is 0.740. The lowest BCUT2D eigenvalue weighted by Gasteiger charge is -2.17. The first-order chi connectivity index (χ1) is 8.74. The van der Waals surface area contributed by atoms with E-state index < -0.39 is 0 Å². The van der Waals surface area contributed by atoms with E-state index in [2.05, 4.69) is 0 Å². The summed E-state index contributed by atoms with van der Waals surface area (Å²) < 4.78 is 16.1. The summed E-state index contributed by atoms with van der Waals surface area (Å²) in [5.74, 6) is 0.778. The predicted molar refractivity (Wildman–Crippen MR) is 69.9 cm³/mol. The molecule has 0 saturated heterocycles. The smallest absolute Gasteiger partial charge is 0.122 e. The fraction of sp³-hybridized carbons (Fsp3) is 0.571. The lowest BCUT2D eigenvalue weighted by molar-refractivity contribution is 0.0130. The van der Waals surface area contributed by atoms with Gasteiger partial charge in [-0.05, 0) is 24.1 Å². The van der Waals surface area contributed by atoms with Gasteiger partial charge in [0, 0.05) is 20.1 Å². The van der Waals surface area contributed by atoms with Crippen molar-refractivity contribution < 1.29 is 19.3 Å². The molecule has 0 heterocycles. The van der Waals surface area contributed by atoms with E-state index in [-0.39, 0.29) is 12.7 Å². The van der Waals surface area contributed by atoms with E-state index in [0.29, 0.717) is 13.2 Å². The third kappa shape index (κ3) is 4.29. The van der Waals surface area contributed by atoms with Gasteiger partial charge in [-0.25, -0.2) is 0 Å². The third-order valence-electron chi connectivity index (χ3n) is 2.82. The number of aliphatic hydroxyl groups excluding tert-OH is 1. The summed E-state index contributed by atoms with van der Waals surface area (Å²) in [4.78, 5) is 0. The number of aliphatic hydroxyl groups is 1. The minimum Gasteiger partial charge on any atom is -0.496 e. The van der Waals surface area contributed by atoms with Gasteiger partial charge in [0.05, 0.1) is 26.4 Å². The second-order valence-corrected chi connectivity index (χ2v) is 4.03. The molecule has 1 N–H and O–H groups in total. The molecule has 0 saturated carbocycles. The van der Waals surface area contributed by atoms with E-state index in [1.54, 1.807) is 14.2 Å². The molecule has 1 rings (SSSR count). The van der Waals surface area contributed by atoms with Crippen molar-refractivity contribution in [2.75, 3.05) is 27.4 Å². The van der Waals surface area contributed by atoms with Gasteiger partial charge in [-0.2, -0.15) is 0 Å². The van der Waals surface area contributed by atoms with Gasteiger partial charge in [0.1, 0.15) is 5.75 Å². The lowest BCUT2D eigenvalue weighted by atomic mass is 10.0. The minimum absolute atomic E-state index is 0.0128. The van der Waals surface area contributed by atoms with E-state index in [1.165, 1.54) is 0 Å². The molecule has 4 heteroatoms. The molecule has 0 fully saturated rings. The summed E-state index contributed by atoms with van der Waals surface area (Å²) in [7, 11) is 3.31. The highest BCUT2D eigenvalue weighted by molar-refractivity contribution is 5.37. The van der Waals surface area contributed by atoms with Gasteiger partial charge in [-0.15, -0.1) is 0 Å². The average molecular weight is 254 g/mol. The van der Waals surface area contributed by atoms with Crippen LogP contribution in [-0.4, -0.2) is 38.6 Å². The minimum atomic E-state index is 0.0128. The number of benzene rings is 1. The SMILES string of the molecule is CCOCC(Cc1ccc(CO)cc1OC)OC. The van der Waals surface area contributed by atoms with Crippen LogP contribution in [0.15, 0.2) is 18.2 Å². The normalized spacial score (nSPS) is 12.4. The number of rotatable bonds is 8. The van der Waals surface area contributed by atoms with Crippen molar-refractivity contribution in [3.63, 3.8) is 0 Å².